The molecule has 2 heterocycles. The van der Waals surface area contributed by atoms with E-state index in [0.717, 1.165) is 45.7 Å². The van der Waals surface area contributed by atoms with Crippen LogP contribution in [0.25, 0.3) is 11.1 Å². The summed E-state index contributed by atoms with van der Waals surface area (Å²) in [6.07, 6.45) is 1.40. The number of nitrogens with one attached hydrogen (secondary N) is 2. The molecule has 0 saturated carbocycles. The number of aromatic hydroxyl groups is 1. The molecule has 264 valence electrons. The zero-order chi connectivity index (χ0) is 35.6. The van der Waals surface area contributed by atoms with Crippen LogP contribution in [-0.4, -0.2) is 73.3 Å². The Morgan fingerprint density at radius 1 is 0.804 bits per heavy atom. The zero-order valence-corrected chi connectivity index (χ0v) is 28.7. The number of carbonyl (C=O) groups excluding carboxylic acids is 3. The average Bonchev–Trinajstić information content (AvgIpc) is 3.48. The number of carbonyl (C=O) groups is 3. The summed E-state index contributed by atoms with van der Waals surface area (Å²) >= 11 is 0. The number of imide groups is 1. The van der Waals surface area contributed by atoms with Crippen LogP contribution in [0.2, 0.25) is 0 Å². The zero-order valence-electron chi connectivity index (χ0n) is 28.7. The van der Waals surface area contributed by atoms with Crippen molar-refractivity contribution in [2.75, 3.05) is 44.9 Å². The molecule has 1 unspecified atom stereocenters. The molecule has 0 radical (unpaired) electrons. The van der Waals surface area contributed by atoms with E-state index in [2.05, 4.69) is 41.8 Å². The molecular formula is C41H43N3O7. The summed E-state index contributed by atoms with van der Waals surface area (Å²) in [7, 11) is 0. The molecule has 1 saturated heterocycles. The molecule has 0 bridgehead atoms. The monoisotopic (exact) mass is 689 g/mol. The third-order valence-corrected chi connectivity index (χ3v) is 9.09. The maximum atomic E-state index is 13.0. The highest BCUT2D eigenvalue weighted by atomic mass is 16.5. The number of hydrogen-bond acceptors (Lipinski definition) is 8. The predicted molar refractivity (Wildman–Crippen MR) is 195 cm³/mol. The summed E-state index contributed by atoms with van der Waals surface area (Å²) in [5.74, 6) is 0.0696. The Hall–Kier alpha value is -5.45. The van der Waals surface area contributed by atoms with Crippen molar-refractivity contribution < 1.29 is 33.7 Å². The number of phenolic OH excluding ortho intramolecular Hbond substituents is 1. The number of phenols is 1. The van der Waals surface area contributed by atoms with Gasteiger partial charge in [0.15, 0.2) is 0 Å². The number of ether oxygens (including phenoxy) is 3. The van der Waals surface area contributed by atoms with Gasteiger partial charge in [-0.15, -0.1) is 0 Å². The lowest BCUT2D eigenvalue weighted by molar-refractivity contribution is -0.136. The molecule has 2 aliphatic rings. The number of benzene rings is 4. The third-order valence-electron chi connectivity index (χ3n) is 9.09. The fourth-order valence-electron chi connectivity index (χ4n) is 6.58. The van der Waals surface area contributed by atoms with Crippen molar-refractivity contribution in [3.05, 3.63) is 125 Å². The number of amides is 3. The molecule has 0 spiro atoms. The number of nitrogens with zero attached hydrogens (tertiary/aromatic N) is 1. The average molecular weight is 690 g/mol. The van der Waals surface area contributed by atoms with Gasteiger partial charge in [0.05, 0.1) is 26.4 Å². The molecular weight excluding hydrogens is 646 g/mol. The minimum atomic E-state index is -0.642. The highest BCUT2D eigenvalue weighted by molar-refractivity contribution is 6.06. The third kappa shape index (κ3) is 8.65. The normalized spacial score (nSPS) is 16.1. The second-order valence-corrected chi connectivity index (χ2v) is 12.4. The van der Waals surface area contributed by atoms with Crippen LogP contribution in [0.15, 0.2) is 97.1 Å². The van der Waals surface area contributed by atoms with Crippen LogP contribution >= 0.6 is 0 Å². The van der Waals surface area contributed by atoms with Gasteiger partial charge in [0.2, 0.25) is 11.8 Å². The smallest absolute Gasteiger partial charge is 0.255 e. The molecule has 10 heteroatoms. The number of allylic oxidation sites excluding steroid dienone is 1. The molecule has 2 aliphatic heterocycles. The van der Waals surface area contributed by atoms with Crippen molar-refractivity contribution in [3.8, 4) is 11.5 Å². The van der Waals surface area contributed by atoms with Crippen LogP contribution in [-0.2, 0) is 25.6 Å². The van der Waals surface area contributed by atoms with Crippen molar-refractivity contribution in [1.82, 2.24) is 10.2 Å². The lowest BCUT2D eigenvalue weighted by atomic mass is 9.88. The summed E-state index contributed by atoms with van der Waals surface area (Å²) in [5, 5.41) is 15.6. The van der Waals surface area contributed by atoms with Crippen molar-refractivity contribution in [1.29, 1.82) is 0 Å². The lowest BCUT2D eigenvalue weighted by Gasteiger charge is -2.29. The van der Waals surface area contributed by atoms with Gasteiger partial charge in [-0.25, -0.2) is 0 Å². The SMILES string of the molecule is CC/C(=C(\c1ccc(O)cc1)c1ccc(OCCOCCOCCNc2cccc3c2CN(C2CCC(=O)NC2=O)C3=O)cc1)c1ccccc1. The van der Waals surface area contributed by atoms with Gasteiger partial charge in [-0.05, 0) is 77.1 Å². The first-order chi connectivity index (χ1) is 24.9. The fraction of sp³-hybridized carbons (Fsp3) is 0.293. The van der Waals surface area contributed by atoms with Crippen LogP contribution in [0.3, 0.4) is 0 Å². The van der Waals surface area contributed by atoms with Crippen LogP contribution in [0.1, 0.15) is 58.8 Å². The first-order valence-electron chi connectivity index (χ1n) is 17.4. The van der Waals surface area contributed by atoms with Crippen molar-refractivity contribution >= 4 is 34.6 Å². The molecule has 1 fully saturated rings. The highest BCUT2D eigenvalue weighted by Crippen LogP contribution is 2.36. The Labute approximate surface area is 298 Å². The van der Waals surface area contributed by atoms with Crippen molar-refractivity contribution in [2.45, 2.75) is 38.8 Å². The number of anilines is 1. The summed E-state index contributed by atoms with van der Waals surface area (Å²) < 4.78 is 17.4. The van der Waals surface area contributed by atoms with E-state index in [1.165, 1.54) is 5.57 Å². The minimum absolute atomic E-state index is 0.196. The van der Waals surface area contributed by atoms with Gasteiger partial charge < -0.3 is 29.5 Å². The van der Waals surface area contributed by atoms with E-state index in [4.69, 9.17) is 14.2 Å². The second-order valence-electron chi connectivity index (χ2n) is 12.4. The minimum Gasteiger partial charge on any atom is -0.508 e. The number of fused-ring (bicyclic) bond motifs is 1. The summed E-state index contributed by atoms with van der Waals surface area (Å²) in [6.45, 7) is 5.14. The van der Waals surface area contributed by atoms with Crippen LogP contribution in [0.5, 0.6) is 11.5 Å². The van der Waals surface area contributed by atoms with E-state index in [0.29, 0.717) is 58.1 Å². The van der Waals surface area contributed by atoms with E-state index >= 15 is 0 Å². The van der Waals surface area contributed by atoms with E-state index < -0.39 is 11.9 Å². The molecule has 10 nitrogen and oxygen atoms in total. The molecule has 0 aromatic heterocycles. The lowest BCUT2D eigenvalue weighted by Crippen LogP contribution is -2.52. The van der Waals surface area contributed by atoms with E-state index in [1.807, 2.05) is 54.6 Å². The largest absolute Gasteiger partial charge is 0.508 e. The van der Waals surface area contributed by atoms with Gasteiger partial charge in [-0.1, -0.05) is 67.6 Å². The molecule has 3 N–H and O–H groups in total. The fourth-order valence-corrected chi connectivity index (χ4v) is 6.58. The van der Waals surface area contributed by atoms with Crippen LogP contribution in [0.4, 0.5) is 5.69 Å². The highest BCUT2D eigenvalue weighted by Gasteiger charge is 2.39. The first kappa shape index (κ1) is 35.4. The van der Waals surface area contributed by atoms with Gasteiger partial charge in [0.25, 0.3) is 5.91 Å². The summed E-state index contributed by atoms with van der Waals surface area (Å²) in [4.78, 5) is 38.5. The Morgan fingerprint density at radius 2 is 1.49 bits per heavy atom. The number of piperidine rings is 1. The Bertz CT molecular complexity index is 1860. The molecule has 51 heavy (non-hydrogen) atoms. The molecule has 3 amide bonds. The molecule has 4 aromatic carbocycles. The summed E-state index contributed by atoms with van der Waals surface area (Å²) in [6, 6.07) is 30.6. The van der Waals surface area contributed by atoms with Crippen molar-refractivity contribution in [2.24, 2.45) is 0 Å². The van der Waals surface area contributed by atoms with Gasteiger partial charge in [-0.2, -0.15) is 0 Å². The summed E-state index contributed by atoms with van der Waals surface area (Å²) in [5.41, 5.74) is 7.85. The maximum absolute atomic E-state index is 13.0. The molecule has 6 rings (SSSR count). The first-order valence-corrected chi connectivity index (χ1v) is 17.4. The van der Waals surface area contributed by atoms with Gasteiger partial charge in [-0.3, -0.25) is 19.7 Å². The van der Waals surface area contributed by atoms with Gasteiger partial charge in [0.1, 0.15) is 24.1 Å². The molecule has 1 atom stereocenters. The molecule has 0 aliphatic carbocycles. The Balaban J connectivity index is 0.917. The maximum Gasteiger partial charge on any atom is 0.255 e. The second kappa shape index (κ2) is 17.0. The van der Waals surface area contributed by atoms with Crippen LogP contribution < -0.4 is 15.4 Å². The van der Waals surface area contributed by atoms with E-state index in [9.17, 15) is 19.5 Å². The van der Waals surface area contributed by atoms with E-state index in [1.54, 1.807) is 23.1 Å². The topological polar surface area (TPSA) is 126 Å². The Morgan fingerprint density at radius 3 is 2.20 bits per heavy atom. The van der Waals surface area contributed by atoms with Gasteiger partial charge in [0, 0.05) is 36.3 Å². The quantitative estimate of drug-likeness (QED) is 0.0738. The standard InChI is InChI=1S/C41H43N3O7/c1-2-33(28-7-4-3-5-8-28)39(29-11-15-31(45)16-12-29)30-13-17-32(18-14-30)51-26-25-50-24-23-49-22-21-42-36-10-6-9-34-35(36)27-44(41(34)48)37-19-20-38(46)43-40(37)47/h3-18,37,42,45H,2,19-27H2,1H3,(H,43,46,47)/b39-33-. The number of rotatable bonds is 16. The van der Waals surface area contributed by atoms with Crippen molar-refractivity contribution in [3.63, 3.8) is 0 Å². The molecule has 4 aromatic rings. The Kier molecular flexibility index (Phi) is 11.8. The van der Waals surface area contributed by atoms with E-state index in [-0.39, 0.29) is 24.0 Å². The van der Waals surface area contributed by atoms with Crippen LogP contribution in [0, 0.1) is 0 Å². The number of hydrogen-bond donors (Lipinski definition) is 3. The van der Waals surface area contributed by atoms with Gasteiger partial charge >= 0.3 is 0 Å². The predicted octanol–water partition coefficient (Wildman–Crippen LogP) is 6.05.